The maximum Gasteiger partial charge on any atom is 0.254 e. The number of hydrogen-bond donors (Lipinski definition) is 2. The summed E-state index contributed by atoms with van der Waals surface area (Å²) in [6.45, 7) is 0.325. The van der Waals surface area contributed by atoms with E-state index in [1.165, 1.54) is 22.8 Å². The van der Waals surface area contributed by atoms with E-state index in [-0.39, 0.29) is 11.4 Å². The zero-order chi connectivity index (χ0) is 8.27. The number of rotatable bonds is 2. The van der Waals surface area contributed by atoms with Crippen molar-refractivity contribution in [1.82, 2.24) is 9.88 Å². The lowest BCUT2D eigenvalue weighted by Gasteiger charge is -2.05. The van der Waals surface area contributed by atoms with Gasteiger partial charge in [0.2, 0.25) is 0 Å². The van der Waals surface area contributed by atoms with Gasteiger partial charge in [0, 0.05) is 6.07 Å². The van der Waals surface area contributed by atoms with Gasteiger partial charge in [0.1, 0.15) is 0 Å². The number of aromatic hydroxyl groups is 1. The van der Waals surface area contributed by atoms with Crippen LogP contribution in [-0.2, 0) is 6.67 Å². The quantitative estimate of drug-likeness (QED) is 0.616. The molecule has 0 aliphatic heterocycles. The summed E-state index contributed by atoms with van der Waals surface area (Å²) in [5.41, 5.74) is -0.209. The fourth-order valence-corrected chi connectivity index (χ4v) is 0.826. The van der Waals surface area contributed by atoms with E-state index in [4.69, 9.17) is 5.11 Å². The summed E-state index contributed by atoms with van der Waals surface area (Å²) < 4.78 is 1.24. The highest BCUT2D eigenvalue weighted by atomic mass is 16.3. The second-order valence-corrected chi connectivity index (χ2v) is 2.16. The van der Waals surface area contributed by atoms with Crippen LogP contribution in [0, 0.1) is 0 Å². The minimum Gasteiger partial charge on any atom is -0.494 e. The maximum atomic E-state index is 11.0. The van der Waals surface area contributed by atoms with Gasteiger partial charge in [-0.1, -0.05) is 6.07 Å². The van der Waals surface area contributed by atoms with Crippen molar-refractivity contribution < 1.29 is 5.11 Å². The Bertz CT molecular complexity index is 293. The van der Waals surface area contributed by atoms with Crippen molar-refractivity contribution in [2.24, 2.45) is 0 Å². The minimum absolute atomic E-state index is 0.0214. The Labute approximate surface area is 64.1 Å². The molecule has 0 aliphatic carbocycles. The molecule has 0 radical (unpaired) electrons. The minimum atomic E-state index is -0.209. The van der Waals surface area contributed by atoms with E-state index >= 15 is 0 Å². The molecule has 0 atom stereocenters. The van der Waals surface area contributed by atoms with Gasteiger partial charge in [0.05, 0.1) is 6.67 Å². The lowest BCUT2D eigenvalue weighted by molar-refractivity contribution is 0.397. The molecule has 0 aromatic carbocycles. The first-order chi connectivity index (χ1) is 5.25. The Morgan fingerprint density at radius 1 is 1.64 bits per heavy atom. The molecule has 4 heteroatoms. The molecule has 0 amide bonds. The second kappa shape index (κ2) is 3.21. The highest BCUT2D eigenvalue weighted by Crippen LogP contribution is 2.01. The van der Waals surface area contributed by atoms with Crippen molar-refractivity contribution in [2.75, 3.05) is 7.05 Å². The van der Waals surface area contributed by atoms with Gasteiger partial charge in [-0.25, -0.2) is 0 Å². The molecule has 0 saturated carbocycles. The van der Waals surface area contributed by atoms with Gasteiger partial charge in [0.15, 0.2) is 5.88 Å². The molecular weight excluding hydrogens is 144 g/mol. The molecule has 0 saturated heterocycles. The number of hydrogen-bond acceptors (Lipinski definition) is 3. The van der Waals surface area contributed by atoms with E-state index in [1.807, 2.05) is 0 Å². The predicted molar refractivity (Wildman–Crippen MR) is 41.4 cm³/mol. The second-order valence-electron chi connectivity index (χ2n) is 2.16. The highest BCUT2D eigenvalue weighted by molar-refractivity contribution is 5.10. The third kappa shape index (κ3) is 1.59. The van der Waals surface area contributed by atoms with Crippen LogP contribution in [0.2, 0.25) is 0 Å². The van der Waals surface area contributed by atoms with Crippen LogP contribution in [0.25, 0.3) is 0 Å². The van der Waals surface area contributed by atoms with Crippen molar-refractivity contribution >= 4 is 0 Å². The summed E-state index contributed by atoms with van der Waals surface area (Å²) in [7, 11) is 1.71. The SMILES string of the molecule is CNCn1c(O)cccc1=O. The van der Waals surface area contributed by atoms with Gasteiger partial charge < -0.3 is 10.4 Å². The van der Waals surface area contributed by atoms with Crippen LogP contribution >= 0.6 is 0 Å². The van der Waals surface area contributed by atoms with Crippen molar-refractivity contribution in [3.8, 4) is 5.88 Å². The van der Waals surface area contributed by atoms with Crippen LogP contribution in [0.3, 0.4) is 0 Å². The Kier molecular flexibility index (Phi) is 2.28. The van der Waals surface area contributed by atoms with E-state index in [1.54, 1.807) is 7.05 Å². The fraction of sp³-hybridized carbons (Fsp3) is 0.286. The average molecular weight is 154 g/mol. The van der Waals surface area contributed by atoms with Crippen LogP contribution in [-0.4, -0.2) is 16.7 Å². The number of pyridine rings is 1. The summed E-state index contributed by atoms with van der Waals surface area (Å²) >= 11 is 0. The molecule has 0 aliphatic rings. The molecule has 0 spiro atoms. The van der Waals surface area contributed by atoms with Gasteiger partial charge in [-0.3, -0.25) is 9.36 Å². The molecule has 1 aromatic heterocycles. The zero-order valence-electron chi connectivity index (χ0n) is 6.24. The van der Waals surface area contributed by atoms with Crippen LogP contribution in [0.15, 0.2) is 23.0 Å². The van der Waals surface area contributed by atoms with Crippen LogP contribution in [0.4, 0.5) is 0 Å². The normalized spacial score (nSPS) is 9.91. The molecule has 0 fully saturated rings. The monoisotopic (exact) mass is 154 g/mol. The highest BCUT2D eigenvalue weighted by Gasteiger charge is 1.97. The molecule has 4 nitrogen and oxygen atoms in total. The van der Waals surface area contributed by atoms with Gasteiger partial charge >= 0.3 is 0 Å². The third-order valence-corrected chi connectivity index (χ3v) is 1.34. The maximum absolute atomic E-state index is 11.0. The van der Waals surface area contributed by atoms with Crippen molar-refractivity contribution in [2.45, 2.75) is 6.67 Å². The summed E-state index contributed by atoms with van der Waals surface area (Å²) in [4.78, 5) is 11.0. The number of nitrogens with one attached hydrogen (secondary N) is 1. The van der Waals surface area contributed by atoms with E-state index in [0.717, 1.165) is 0 Å². The van der Waals surface area contributed by atoms with Gasteiger partial charge in [-0.15, -0.1) is 0 Å². The van der Waals surface area contributed by atoms with Crippen LogP contribution < -0.4 is 10.9 Å². The summed E-state index contributed by atoms with van der Waals surface area (Å²) in [6.07, 6.45) is 0. The van der Waals surface area contributed by atoms with Gasteiger partial charge in [0.25, 0.3) is 5.56 Å². The topological polar surface area (TPSA) is 54.3 Å². The zero-order valence-corrected chi connectivity index (χ0v) is 6.24. The smallest absolute Gasteiger partial charge is 0.254 e. The molecule has 1 rings (SSSR count). The molecule has 1 aromatic rings. The molecule has 11 heavy (non-hydrogen) atoms. The Balaban J connectivity index is 3.10. The molecule has 1 heterocycles. The summed E-state index contributed by atoms with van der Waals surface area (Å²) in [5.74, 6) is -0.0214. The van der Waals surface area contributed by atoms with Gasteiger partial charge in [-0.2, -0.15) is 0 Å². The van der Waals surface area contributed by atoms with Crippen molar-refractivity contribution in [1.29, 1.82) is 0 Å². The average Bonchev–Trinajstić information content (AvgIpc) is 1.97. The summed E-state index contributed by atoms with van der Waals surface area (Å²) in [5, 5.41) is 11.9. The molecule has 2 N–H and O–H groups in total. The standard InChI is InChI=1S/C7H10N2O2/c1-8-5-9-6(10)3-2-4-7(9)11/h2-4,8,10H,5H2,1H3. The fourth-order valence-electron chi connectivity index (χ4n) is 0.826. The number of nitrogens with zero attached hydrogens (tertiary/aromatic N) is 1. The lowest BCUT2D eigenvalue weighted by atomic mass is 10.4. The Morgan fingerprint density at radius 3 is 2.91 bits per heavy atom. The molecule has 0 bridgehead atoms. The predicted octanol–water partition coefficient (Wildman–Crippen LogP) is -0.269. The Morgan fingerprint density at radius 2 is 2.36 bits per heavy atom. The largest absolute Gasteiger partial charge is 0.494 e. The first kappa shape index (κ1) is 7.81. The number of aromatic nitrogens is 1. The van der Waals surface area contributed by atoms with Crippen molar-refractivity contribution in [3.05, 3.63) is 28.6 Å². The van der Waals surface area contributed by atoms with E-state index in [0.29, 0.717) is 6.67 Å². The third-order valence-electron chi connectivity index (χ3n) is 1.34. The van der Waals surface area contributed by atoms with E-state index < -0.39 is 0 Å². The van der Waals surface area contributed by atoms with E-state index in [2.05, 4.69) is 5.32 Å². The lowest BCUT2D eigenvalue weighted by Crippen LogP contribution is -2.24. The first-order valence-electron chi connectivity index (χ1n) is 3.29. The molecular formula is C7H10N2O2. The first-order valence-corrected chi connectivity index (χ1v) is 3.29. The summed E-state index contributed by atoms with van der Waals surface area (Å²) in [6, 6.07) is 4.39. The van der Waals surface area contributed by atoms with Crippen molar-refractivity contribution in [3.63, 3.8) is 0 Å². The van der Waals surface area contributed by atoms with Crippen LogP contribution in [0.5, 0.6) is 5.88 Å². The molecule has 60 valence electrons. The van der Waals surface area contributed by atoms with Crippen LogP contribution in [0.1, 0.15) is 0 Å². The Hall–Kier alpha value is -1.29. The molecule has 0 unspecified atom stereocenters. The van der Waals surface area contributed by atoms with Gasteiger partial charge in [-0.05, 0) is 13.1 Å². The van der Waals surface area contributed by atoms with E-state index in [9.17, 15) is 4.79 Å².